The van der Waals surface area contributed by atoms with Gasteiger partial charge >= 0.3 is 0 Å². The molecular formula is C14H29N3O2. The number of ether oxygens (including phenoxy) is 1. The fourth-order valence-corrected chi connectivity index (χ4v) is 2.52. The van der Waals surface area contributed by atoms with Crippen molar-refractivity contribution in [3.8, 4) is 0 Å². The van der Waals surface area contributed by atoms with E-state index in [4.69, 9.17) is 10.5 Å². The van der Waals surface area contributed by atoms with E-state index in [1.54, 1.807) is 0 Å². The van der Waals surface area contributed by atoms with Gasteiger partial charge < -0.3 is 15.8 Å². The predicted molar refractivity (Wildman–Crippen MR) is 77.0 cm³/mol. The third-order valence-electron chi connectivity index (χ3n) is 3.42. The molecule has 0 aliphatic carbocycles. The molecule has 0 saturated carbocycles. The molecule has 1 heterocycles. The van der Waals surface area contributed by atoms with Crippen LogP contribution in [0.5, 0.6) is 0 Å². The first-order valence-corrected chi connectivity index (χ1v) is 7.22. The number of nitrogens with zero attached hydrogens (tertiary/aromatic N) is 1. The van der Waals surface area contributed by atoms with Crippen LogP contribution in [0.15, 0.2) is 0 Å². The van der Waals surface area contributed by atoms with Crippen LogP contribution < -0.4 is 11.1 Å². The smallest absolute Gasteiger partial charge is 0.222 e. The molecule has 2 atom stereocenters. The molecule has 0 aromatic heterocycles. The molecule has 1 aliphatic rings. The Bertz CT molecular complexity index is 289. The van der Waals surface area contributed by atoms with Crippen molar-refractivity contribution in [1.82, 2.24) is 10.2 Å². The summed E-state index contributed by atoms with van der Waals surface area (Å²) in [6.07, 6.45) is 1.49. The van der Waals surface area contributed by atoms with Gasteiger partial charge in [0, 0.05) is 37.1 Å². The first-order valence-electron chi connectivity index (χ1n) is 7.22. The zero-order valence-corrected chi connectivity index (χ0v) is 12.7. The molecule has 3 N–H and O–H groups in total. The minimum absolute atomic E-state index is 0.0734. The largest absolute Gasteiger partial charge is 0.378 e. The SMILES string of the molecule is CCC1COCCN1C(CN)CC(=O)NC(C)(C)C. The zero-order valence-electron chi connectivity index (χ0n) is 12.7. The Hall–Kier alpha value is -0.650. The third-order valence-corrected chi connectivity index (χ3v) is 3.42. The summed E-state index contributed by atoms with van der Waals surface area (Å²) >= 11 is 0. The first kappa shape index (κ1) is 16.4. The number of carbonyl (C=O) groups is 1. The summed E-state index contributed by atoms with van der Waals surface area (Å²) in [5.41, 5.74) is 5.68. The molecule has 112 valence electrons. The molecule has 1 amide bonds. The van der Waals surface area contributed by atoms with Gasteiger partial charge in [-0.3, -0.25) is 9.69 Å². The molecule has 2 unspecified atom stereocenters. The number of nitrogens with one attached hydrogen (secondary N) is 1. The van der Waals surface area contributed by atoms with Gasteiger partial charge in [0.15, 0.2) is 0 Å². The van der Waals surface area contributed by atoms with Crippen molar-refractivity contribution in [1.29, 1.82) is 0 Å². The van der Waals surface area contributed by atoms with E-state index < -0.39 is 0 Å². The van der Waals surface area contributed by atoms with Gasteiger partial charge in [-0.25, -0.2) is 0 Å². The van der Waals surface area contributed by atoms with Gasteiger partial charge in [-0.1, -0.05) is 6.92 Å². The molecule has 0 spiro atoms. The Morgan fingerprint density at radius 1 is 1.53 bits per heavy atom. The lowest BCUT2D eigenvalue weighted by atomic mass is 10.0. The third kappa shape index (κ3) is 5.47. The maximum atomic E-state index is 12.0. The summed E-state index contributed by atoms with van der Waals surface area (Å²) in [6.45, 7) is 11.0. The van der Waals surface area contributed by atoms with E-state index in [9.17, 15) is 4.79 Å². The molecule has 0 aromatic rings. The molecule has 1 saturated heterocycles. The summed E-state index contributed by atoms with van der Waals surface area (Å²) in [6, 6.07) is 0.487. The highest BCUT2D eigenvalue weighted by molar-refractivity contribution is 5.77. The highest BCUT2D eigenvalue weighted by Gasteiger charge is 2.29. The Kier molecular flexibility index (Phi) is 6.23. The van der Waals surface area contributed by atoms with Gasteiger partial charge in [0.2, 0.25) is 5.91 Å². The summed E-state index contributed by atoms with van der Waals surface area (Å²) < 4.78 is 5.50. The van der Waals surface area contributed by atoms with Gasteiger partial charge in [-0.15, -0.1) is 0 Å². The lowest BCUT2D eigenvalue weighted by Gasteiger charge is -2.40. The normalized spacial score (nSPS) is 23.1. The van der Waals surface area contributed by atoms with Gasteiger partial charge in [-0.05, 0) is 27.2 Å². The molecule has 0 bridgehead atoms. The van der Waals surface area contributed by atoms with Crippen molar-refractivity contribution < 1.29 is 9.53 Å². The van der Waals surface area contributed by atoms with Crippen molar-refractivity contribution in [2.24, 2.45) is 5.73 Å². The highest BCUT2D eigenvalue weighted by atomic mass is 16.5. The average Bonchev–Trinajstić information content (AvgIpc) is 2.33. The number of morpholine rings is 1. The van der Waals surface area contributed by atoms with Gasteiger partial charge in [0.05, 0.1) is 13.2 Å². The van der Waals surface area contributed by atoms with Crippen LogP contribution in [0.3, 0.4) is 0 Å². The first-order chi connectivity index (χ1) is 8.87. The molecule has 5 heteroatoms. The Labute approximate surface area is 116 Å². The van der Waals surface area contributed by atoms with Crippen molar-refractivity contribution in [2.75, 3.05) is 26.3 Å². The Balaban J connectivity index is 2.58. The number of nitrogens with two attached hydrogens (primary N) is 1. The van der Waals surface area contributed by atoms with Crippen molar-refractivity contribution >= 4 is 5.91 Å². The van der Waals surface area contributed by atoms with Crippen LogP contribution in [0.25, 0.3) is 0 Å². The average molecular weight is 271 g/mol. The predicted octanol–water partition coefficient (Wildman–Crippen LogP) is 0.729. The van der Waals surface area contributed by atoms with Gasteiger partial charge in [0.1, 0.15) is 0 Å². The molecule has 0 aromatic carbocycles. The quantitative estimate of drug-likeness (QED) is 0.773. The van der Waals surface area contributed by atoms with E-state index in [-0.39, 0.29) is 17.5 Å². The molecule has 1 rings (SSSR count). The fraction of sp³-hybridized carbons (Fsp3) is 0.929. The summed E-state index contributed by atoms with van der Waals surface area (Å²) in [7, 11) is 0. The van der Waals surface area contributed by atoms with Crippen LogP contribution in [-0.2, 0) is 9.53 Å². The maximum absolute atomic E-state index is 12.0. The zero-order chi connectivity index (χ0) is 14.5. The second-order valence-corrected chi connectivity index (χ2v) is 6.27. The summed E-state index contributed by atoms with van der Waals surface area (Å²) in [4.78, 5) is 14.4. The maximum Gasteiger partial charge on any atom is 0.222 e. The minimum atomic E-state index is -0.189. The number of carbonyl (C=O) groups excluding carboxylic acids is 1. The Morgan fingerprint density at radius 2 is 2.21 bits per heavy atom. The van der Waals surface area contributed by atoms with Crippen molar-refractivity contribution in [3.63, 3.8) is 0 Å². The molecule has 1 aliphatic heterocycles. The van der Waals surface area contributed by atoms with E-state index >= 15 is 0 Å². The van der Waals surface area contributed by atoms with Crippen molar-refractivity contribution in [3.05, 3.63) is 0 Å². The Morgan fingerprint density at radius 3 is 2.74 bits per heavy atom. The topological polar surface area (TPSA) is 67.6 Å². The van der Waals surface area contributed by atoms with Crippen LogP contribution in [0.4, 0.5) is 0 Å². The van der Waals surface area contributed by atoms with Crippen LogP contribution in [0.2, 0.25) is 0 Å². The minimum Gasteiger partial charge on any atom is -0.378 e. The van der Waals surface area contributed by atoms with E-state index in [1.165, 1.54) is 0 Å². The van der Waals surface area contributed by atoms with Crippen LogP contribution in [0, 0.1) is 0 Å². The van der Waals surface area contributed by atoms with E-state index in [0.717, 1.165) is 26.2 Å². The number of rotatable bonds is 5. The molecule has 1 fully saturated rings. The fourth-order valence-electron chi connectivity index (χ4n) is 2.52. The lowest BCUT2D eigenvalue weighted by molar-refractivity contribution is -0.124. The highest BCUT2D eigenvalue weighted by Crippen LogP contribution is 2.16. The number of hydrogen-bond donors (Lipinski definition) is 2. The summed E-state index contributed by atoms with van der Waals surface area (Å²) in [5, 5.41) is 3.00. The van der Waals surface area contributed by atoms with Crippen LogP contribution >= 0.6 is 0 Å². The van der Waals surface area contributed by atoms with Gasteiger partial charge in [0.25, 0.3) is 0 Å². The molecule has 5 nitrogen and oxygen atoms in total. The number of hydrogen-bond acceptors (Lipinski definition) is 4. The molecular weight excluding hydrogens is 242 g/mol. The monoisotopic (exact) mass is 271 g/mol. The number of amides is 1. The molecule has 0 radical (unpaired) electrons. The second-order valence-electron chi connectivity index (χ2n) is 6.27. The van der Waals surface area contributed by atoms with E-state index in [1.807, 2.05) is 20.8 Å². The van der Waals surface area contributed by atoms with E-state index in [2.05, 4.69) is 17.1 Å². The van der Waals surface area contributed by atoms with Crippen LogP contribution in [-0.4, -0.2) is 54.7 Å². The van der Waals surface area contributed by atoms with Gasteiger partial charge in [-0.2, -0.15) is 0 Å². The lowest BCUT2D eigenvalue weighted by Crippen LogP contribution is -2.54. The van der Waals surface area contributed by atoms with E-state index in [0.29, 0.717) is 19.0 Å². The van der Waals surface area contributed by atoms with Crippen LogP contribution in [0.1, 0.15) is 40.5 Å². The summed E-state index contributed by atoms with van der Waals surface area (Å²) in [5.74, 6) is 0.0734. The standard InChI is InChI=1S/C14H29N3O2/c1-5-11-10-19-7-6-17(11)12(9-15)8-13(18)16-14(2,3)4/h11-12H,5-10,15H2,1-4H3,(H,16,18). The van der Waals surface area contributed by atoms with Crippen molar-refractivity contribution in [2.45, 2.75) is 58.2 Å². The molecule has 19 heavy (non-hydrogen) atoms. The second kappa shape index (κ2) is 7.22.